The Balaban J connectivity index is 2.06. The number of carbonyl (C=O) groups is 3. The molecule has 1 aliphatic carbocycles. The predicted molar refractivity (Wildman–Crippen MR) is 69.3 cm³/mol. The Morgan fingerprint density at radius 3 is 2.20 bits per heavy atom. The molecular weight excluding hydrogens is 264 g/mol. The fourth-order valence-corrected chi connectivity index (χ4v) is 3.34. The van der Waals surface area contributed by atoms with E-state index >= 15 is 0 Å². The maximum absolute atomic E-state index is 12.4. The highest BCUT2D eigenvalue weighted by Gasteiger charge is 2.40. The highest BCUT2D eigenvalue weighted by molar-refractivity contribution is 5.84. The summed E-state index contributed by atoms with van der Waals surface area (Å²) in [5.41, 5.74) is 0. The third-order valence-electron chi connectivity index (χ3n) is 4.18. The van der Waals surface area contributed by atoms with Gasteiger partial charge in [-0.25, -0.2) is 4.79 Å². The van der Waals surface area contributed by atoms with Gasteiger partial charge in [-0.05, 0) is 25.2 Å². The van der Waals surface area contributed by atoms with Crippen molar-refractivity contribution in [2.75, 3.05) is 19.6 Å². The number of likely N-dealkylation sites (tertiary alicyclic amines) is 1. The van der Waals surface area contributed by atoms with Gasteiger partial charge in [-0.2, -0.15) is 0 Å². The van der Waals surface area contributed by atoms with Crippen LogP contribution >= 0.6 is 0 Å². The van der Waals surface area contributed by atoms with Crippen LogP contribution in [0, 0.1) is 5.92 Å². The van der Waals surface area contributed by atoms with E-state index in [2.05, 4.69) is 0 Å². The summed E-state index contributed by atoms with van der Waals surface area (Å²) in [7, 11) is 0. The molecule has 0 spiro atoms. The molecule has 112 valence electrons. The fraction of sp³-hybridized carbons (Fsp3) is 0.769. The van der Waals surface area contributed by atoms with Crippen LogP contribution in [-0.2, 0) is 9.59 Å². The summed E-state index contributed by atoms with van der Waals surface area (Å²) in [6, 6.07) is -0.300. The number of amides is 2. The van der Waals surface area contributed by atoms with Crippen LogP contribution in [0.2, 0.25) is 0 Å². The van der Waals surface area contributed by atoms with Crippen LogP contribution in [0.15, 0.2) is 0 Å². The van der Waals surface area contributed by atoms with E-state index in [0.29, 0.717) is 12.5 Å². The first-order valence-electron chi connectivity index (χ1n) is 6.98. The Morgan fingerprint density at radius 2 is 1.60 bits per heavy atom. The Kier molecular flexibility index (Phi) is 4.46. The number of hydrogen-bond donors (Lipinski definition) is 2. The lowest BCUT2D eigenvalue weighted by molar-refractivity contribution is -0.140. The standard InChI is InChI=1S/C13H20N2O5/c16-11(17)7-14(8-12(18)19)13(20)15-6-5-9-3-1-2-4-10(9)15/h9-10H,1-8H2,(H,16,17)(H,18,19). The van der Waals surface area contributed by atoms with E-state index in [0.717, 1.165) is 30.6 Å². The van der Waals surface area contributed by atoms with Gasteiger partial charge in [-0.15, -0.1) is 0 Å². The molecule has 1 heterocycles. The largest absolute Gasteiger partial charge is 0.480 e. The summed E-state index contributed by atoms with van der Waals surface area (Å²) in [5, 5.41) is 17.6. The second-order valence-electron chi connectivity index (χ2n) is 5.52. The number of carboxylic acid groups (broad SMARTS) is 2. The monoisotopic (exact) mass is 284 g/mol. The average Bonchev–Trinajstić information content (AvgIpc) is 2.79. The van der Waals surface area contributed by atoms with Gasteiger partial charge in [0, 0.05) is 12.6 Å². The van der Waals surface area contributed by atoms with Crippen LogP contribution in [0.5, 0.6) is 0 Å². The minimum atomic E-state index is -1.20. The normalized spacial score (nSPS) is 25.1. The van der Waals surface area contributed by atoms with Crippen molar-refractivity contribution >= 4 is 18.0 Å². The summed E-state index contributed by atoms with van der Waals surface area (Å²) < 4.78 is 0. The van der Waals surface area contributed by atoms with Gasteiger partial charge < -0.3 is 20.0 Å². The average molecular weight is 284 g/mol. The molecule has 2 rings (SSSR count). The van der Waals surface area contributed by atoms with E-state index in [1.807, 2.05) is 0 Å². The van der Waals surface area contributed by atoms with Crippen molar-refractivity contribution in [3.8, 4) is 0 Å². The molecule has 2 atom stereocenters. The lowest BCUT2D eigenvalue weighted by Crippen LogP contribution is -2.50. The number of rotatable bonds is 4. The molecular formula is C13H20N2O5. The molecule has 7 nitrogen and oxygen atoms in total. The molecule has 20 heavy (non-hydrogen) atoms. The summed E-state index contributed by atoms with van der Waals surface area (Å²) >= 11 is 0. The highest BCUT2D eigenvalue weighted by atomic mass is 16.4. The maximum atomic E-state index is 12.4. The van der Waals surface area contributed by atoms with Gasteiger partial charge in [0.2, 0.25) is 0 Å². The molecule has 1 saturated carbocycles. The summed E-state index contributed by atoms with van der Waals surface area (Å²) in [4.78, 5) is 36.6. The van der Waals surface area contributed by atoms with Gasteiger partial charge >= 0.3 is 18.0 Å². The second kappa shape index (κ2) is 6.11. The van der Waals surface area contributed by atoms with Crippen molar-refractivity contribution in [2.45, 2.75) is 38.1 Å². The first kappa shape index (κ1) is 14.6. The lowest BCUT2D eigenvalue weighted by Gasteiger charge is -2.34. The second-order valence-corrected chi connectivity index (χ2v) is 5.52. The van der Waals surface area contributed by atoms with Crippen LogP contribution in [0.25, 0.3) is 0 Å². The van der Waals surface area contributed by atoms with Crippen molar-refractivity contribution in [1.82, 2.24) is 9.80 Å². The predicted octanol–water partition coefficient (Wildman–Crippen LogP) is 0.842. The molecule has 0 bridgehead atoms. The number of aliphatic carboxylic acids is 2. The Morgan fingerprint density at radius 1 is 1.00 bits per heavy atom. The van der Waals surface area contributed by atoms with E-state index in [1.165, 1.54) is 6.42 Å². The molecule has 2 N–H and O–H groups in total. The van der Waals surface area contributed by atoms with Crippen molar-refractivity contribution in [2.24, 2.45) is 5.92 Å². The number of carbonyl (C=O) groups excluding carboxylic acids is 1. The fourth-order valence-electron chi connectivity index (χ4n) is 3.34. The summed E-state index contributed by atoms with van der Waals surface area (Å²) in [6.45, 7) is -0.540. The van der Waals surface area contributed by atoms with E-state index in [9.17, 15) is 14.4 Å². The molecule has 0 radical (unpaired) electrons. The van der Waals surface area contributed by atoms with Crippen LogP contribution in [0.1, 0.15) is 32.1 Å². The molecule has 1 aliphatic heterocycles. The van der Waals surface area contributed by atoms with Crippen LogP contribution in [0.4, 0.5) is 4.79 Å². The smallest absolute Gasteiger partial charge is 0.323 e. The SMILES string of the molecule is O=C(O)CN(CC(=O)O)C(=O)N1CCC2CCCCC21. The third-order valence-corrected chi connectivity index (χ3v) is 4.18. The minimum Gasteiger partial charge on any atom is -0.480 e. The number of hydrogen-bond acceptors (Lipinski definition) is 3. The zero-order chi connectivity index (χ0) is 14.7. The molecule has 0 aromatic rings. The molecule has 2 unspecified atom stereocenters. The summed E-state index contributed by atoms with van der Waals surface area (Å²) in [6.07, 6.45) is 5.22. The highest BCUT2D eigenvalue weighted by Crippen LogP contribution is 2.36. The zero-order valence-corrected chi connectivity index (χ0v) is 11.3. The molecule has 7 heteroatoms. The molecule has 0 aromatic heterocycles. The van der Waals surface area contributed by atoms with Gasteiger partial charge in [0.05, 0.1) is 0 Å². The Hall–Kier alpha value is -1.79. The quantitative estimate of drug-likeness (QED) is 0.797. The number of carboxylic acids is 2. The number of fused-ring (bicyclic) bond motifs is 1. The van der Waals surface area contributed by atoms with E-state index in [1.54, 1.807) is 4.90 Å². The lowest BCUT2D eigenvalue weighted by atomic mass is 9.85. The van der Waals surface area contributed by atoms with Crippen molar-refractivity contribution in [3.05, 3.63) is 0 Å². The van der Waals surface area contributed by atoms with E-state index in [-0.39, 0.29) is 6.04 Å². The van der Waals surface area contributed by atoms with Crippen LogP contribution in [-0.4, -0.2) is 63.7 Å². The molecule has 1 saturated heterocycles. The topological polar surface area (TPSA) is 98.1 Å². The van der Waals surface area contributed by atoms with Gasteiger partial charge in [-0.1, -0.05) is 12.8 Å². The maximum Gasteiger partial charge on any atom is 0.323 e. The van der Waals surface area contributed by atoms with Crippen molar-refractivity contribution in [3.63, 3.8) is 0 Å². The van der Waals surface area contributed by atoms with Crippen LogP contribution < -0.4 is 0 Å². The summed E-state index contributed by atoms with van der Waals surface area (Å²) in [5.74, 6) is -1.90. The first-order valence-corrected chi connectivity index (χ1v) is 6.98. The van der Waals surface area contributed by atoms with Gasteiger partial charge in [-0.3, -0.25) is 9.59 Å². The first-order chi connectivity index (χ1) is 9.49. The molecule has 2 aliphatic rings. The minimum absolute atomic E-state index is 0.154. The Labute approximate surface area is 117 Å². The van der Waals surface area contributed by atoms with Crippen molar-refractivity contribution < 1.29 is 24.6 Å². The molecule has 2 fully saturated rings. The third kappa shape index (κ3) is 3.20. The van der Waals surface area contributed by atoms with Gasteiger partial charge in [0.25, 0.3) is 0 Å². The Bertz CT molecular complexity index is 396. The number of nitrogens with zero attached hydrogens (tertiary/aromatic N) is 2. The molecule has 2 amide bonds. The number of urea groups is 1. The van der Waals surface area contributed by atoms with Crippen molar-refractivity contribution in [1.29, 1.82) is 0 Å². The van der Waals surface area contributed by atoms with Gasteiger partial charge in [0.15, 0.2) is 0 Å². The molecule has 0 aromatic carbocycles. The van der Waals surface area contributed by atoms with E-state index < -0.39 is 31.1 Å². The van der Waals surface area contributed by atoms with E-state index in [4.69, 9.17) is 10.2 Å². The van der Waals surface area contributed by atoms with Crippen LogP contribution in [0.3, 0.4) is 0 Å². The zero-order valence-electron chi connectivity index (χ0n) is 11.3. The van der Waals surface area contributed by atoms with Gasteiger partial charge in [0.1, 0.15) is 13.1 Å².